The maximum Gasteiger partial charge on any atom is 0.283 e. The Morgan fingerprint density at radius 2 is 1.78 bits per heavy atom. The minimum absolute atomic E-state index is 0. The van der Waals surface area contributed by atoms with Crippen LogP contribution in [0.3, 0.4) is 0 Å². The number of benzene rings is 3. The topological polar surface area (TPSA) is 112 Å². The van der Waals surface area contributed by atoms with Gasteiger partial charge in [0.05, 0.1) is 29.7 Å². The number of aromatic nitrogens is 1. The summed E-state index contributed by atoms with van der Waals surface area (Å²) in [5, 5.41) is 0.929. The van der Waals surface area contributed by atoms with Gasteiger partial charge >= 0.3 is 0 Å². The van der Waals surface area contributed by atoms with Crippen molar-refractivity contribution in [1.82, 2.24) is 14.4 Å². The Labute approximate surface area is 304 Å². The van der Waals surface area contributed by atoms with Crippen LogP contribution in [0.15, 0.2) is 70.0 Å². The molecule has 0 saturated carbocycles. The van der Waals surface area contributed by atoms with Crippen LogP contribution in [0.25, 0.3) is 10.9 Å². The van der Waals surface area contributed by atoms with Crippen LogP contribution in [-0.4, -0.2) is 96.3 Å². The molecule has 1 aromatic heterocycles. The molecule has 274 valence electrons. The summed E-state index contributed by atoms with van der Waals surface area (Å²) in [5.74, 6) is 0.563. The van der Waals surface area contributed by atoms with Crippen molar-refractivity contribution in [3.63, 3.8) is 0 Å². The van der Waals surface area contributed by atoms with Gasteiger partial charge in [0, 0.05) is 96.0 Å². The van der Waals surface area contributed by atoms with Crippen molar-refractivity contribution in [3.05, 3.63) is 88.9 Å². The summed E-state index contributed by atoms with van der Waals surface area (Å²) in [5.41, 5.74) is 3.28. The molecule has 1 saturated heterocycles. The van der Waals surface area contributed by atoms with E-state index < -0.39 is 15.6 Å². The molecule has 0 radical (unpaired) electrons. The van der Waals surface area contributed by atoms with Crippen molar-refractivity contribution in [3.8, 4) is 11.5 Å². The minimum Gasteiger partial charge on any atom is -0.497 e. The quantitative estimate of drug-likeness (QED) is 0.103. The summed E-state index contributed by atoms with van der Waals surface area (Å²) in [4.78, 5) is 17.9. The molecule has 6 rings (SSSR count). The highest BCUT2D eigenvalue weighted by Gasteiger charge is 2.35. The van der Waals surface area contributed by atoms with Crippen LogP contribution in [0.1, 0.15) is 46.4 Å². The fourth-order valence-electron chi connectivity index (χ4n) is 6.76. The number of hydrogen-bond donors (Lipinski definition) is 0. The second kappa shape index (κ2) is 16.1. The van der Waals surface area contributed by atoms with Crippen molar-refractivity contribution in [1.29, 1.82) is 0 Å². The molecule has 0 amide bonds. The number of fused-ring (bicyclic) bond motifs is 3. The van der Waals surface area contributed by atoms with Gasteiger partial charge in [-0.2, -0.15) is 8.42 Å². The van der Waals surface area contributed by atoms with Crippen LogP contribution < -0.4 is 9.47 Å². The van der Waals surface area contributed by atoms with Crippen molar-refractivity contribution in [2.24, 2.45) is 4.40 Å². The Kier molecular flexibility index (Phi) is 12.1. The standard InChI is InChI=1S/C37H43FN4O7S.ClH/c1-40(2)25-39-50(44,45)31-9-6-26(7-10-31)36(43)42-34-11-8-29(46-3)23-32(34)33-24-41(16-12-35(33)42)15-5-17-49-30-21-27(20-28(38)22-30)37(47-4)13-18-48-19-14-37;/h6-11,20-23,25H,5,12-19,24H2,1-4H3;1H/b39-25+;. The lowest BCUT2D eigenvalue weighted by atomic mass is 9.86. The van der Waals surface area contributed by atoms with Crippen LogP contribution in [0.5, 0.6) is 11.5 Å². The van der Waals surface area contributed by atoms with Gasteiger partial charge in [-0.3, -0.25) is 14.3 Å². The number of methoxy groups -OCH3 is 2. The highest BCUT2D eigenvalue weighted by atomic mass is 35.5. The largest absolute Gasteiger partial charge is 0.497 e. The van der Waals surface area contributed by atoms with Gasteiger partial charge in [-0.15, -0.1) is 16.8 Å². The van der Waals surface area contributed by atoms with Gasteiger partial charge in [-0.05, 0) is 72.1 Å². The van der Waals surface area contributed by atoms with E-state index in [1.165, 1.54) is 47.6 Å². The molecule has 0 spiro atoms. The van der Waals surface area contributed by atoms with Gasteiger partial charge in [-0.25, -0.2) is 4.39 Å². The molecule has 1 fully saturated rings. The molecule has 0 N–H and O–H groups in total. The molecule has 0 bridgehead atoms. The zero-order valence-corrected chi connectivity index (χ0v) is 30.9. The number of halogens is 2. The molecule has 4 aromatic rings. The van der Waals surface area contributed by atoms with Gasteiger partial charge in [0.25, 0.3) is 15.9 Å². The Bertz CT molecular complexity index is 1990. The number of sulfonamides is 1. The van der Waals surface area contributed by atoms with E-state index >= 15 is 0 Å². The highest BCUT2D eigenvalue weighted by molar-refractivity contribution is 7.90. The van der Waals surface area contributed by atoms with Gasteiger partial charge < -0.3 is 23.8 Å². The Balaban J connectivity index is 0.00000504. The zero-order valence-electron chi connectivity index (χ0n) is 29.3. The summed E-state index contributed by atoms with van der Waals surface area (Å²) in [7, 11) is 2.73. The van der Waals surface area contributed by atoms with Gasteiger partial charge in [-0.1, -0.05) is 0 Å². The first kappa shape index (κ1) is 38.2. The lowest BCUT2D eigenvalue weighted by Crippen LogP contribution is -2.35. The Hall–Kier alpha value is -4.01. The lowest BCUT2D eigenvalue weighted by molar-refractivity contribution is -0.0950. The normalized spacial score (nSPS) is 16.1. The predicted octanol–water partition coefficient (Wildman–Crippen LogP) is 5.66. The maximum atomic E-state index is 14.7. The molecule has 3 heterocycles. The van der Waals surface area contributed by atoms with Crippen molar-refractivity contribution < 1.29 is 36.6 Å². The fourth-order valence-corrected chi connectivity index (χ4v) is 7.67. The molecule has 0 aliphatic carbocycles. The number of rotatable bonds is 12. The first-order chi connectivity index (χ1) is 24.0. The molecular formula is C37H44ClFN4O7S. The maximum absolute atomic E-state index is 14.7. The third-order valence-corrected chi connectivity index (χ3v) is 10.7. The molecule has 2 aliphatic rings. The second-order valence-electron chi connectivity index (χ2n) is 12.8. The molecule has 2 aliphatic heterocycles. The molecule has 14 heteroatoms. The number of ether oxygens (including phenoxy) is 4. The Morgan fingerprint density at radius 1 is 1.04 bits per heavy atom. The Morgan fingerprint density at radius 3 is 2.47 bits per heavy atom. The summed E-state index contributed by atoms with van der Waals surface area (Å²) in [6.07, 6.45) is 3.89. The van der Waals surface area contributed by atoms with Crippen LogP contribution in [-0.2, 0) is 38.1 Å². The molecule has 11 nitrogen and oxygen atoms in total. The third-order valence-electron chi connectivity index (χ3n) is 9.43. The van der Waals surface area contributed by atoms with Gasteiger partial charge in [0.1, 0.15) is 23.7 Å². The van der Waals surface area contributed by atoms with E-state index in [0.29, 0.717) is 62.7 Å². The van der Waals surface area contributed by atoms with E-state index in [0.717, 1.165) is 47.2 Å². The first-order valence-electron chi connectivity index (χ1n) is 16.6. The number of hydrogen-bond acceptors (Lipinski definition) is 8. The van der Waals surface area contributed by atoms with E-state index in [1.807, 2.05) is 24.3 Å². The average Bonchev–Trinajstić information content (AvgIpc) is 3.45. The van der Waals surface area contributed by atoms with E-state index in [9.17, 15) is 17.6 Å². The molecule has 51 heavy (non-hydrogen) atoms. The van der Waals surface area contributed by atoms with Crippen LogP contribution >= 0.6 is 12.4 Å². The first-order valence-corrected chi connectivity index (χ1v) is 18.1. The smallest absolute Gasteiger partial charge is 0.283 e. The highest BCUT2D eigenvalue weighted by Crippen LogP contribution is 2.38. The average molecular weight is 743 g/mol. The van der Waals surface area contributed by atoms with Gasteiger partial charge in [0.15, 0.2) is 0 Å². The second-order valence-corrected chi connectivity index (χ2v) is 14.5. The van der Waals surface area contributed by atoms with Crippen LogP contribution in [0.2, 0.25) is 0 Å². The third kappa shape index (κ3) is 8.23. The van der Waals surface area contributed by atoms with Crippen molar-refractivity contribution in [2.75, 3.05) is 61.2 Å². The zero-order chi connectivity index (χ0) is 35.5. The molecule has 0 atom stereocenters. The van der Waals surface area contributed by atoms with Crippen molar-refractivity contribution in [2.45, 2.75) is 42.7 Å². The lowest BCUT2D eigenvalue weighted by Gasteiger charge is -2.36. The molecule has 3 aromatic carbocycles. The van der Waals surface area contributed by atoms with Crippen molar-refractivity contribution >= 4 is 45.6 Å². The van der Waals surface area contributed by atoms with Crippen LogP contribution in [0.4, 0.5) is 4.39 Å². The minimum atomic E-state index is -3.90. The fraction of sp³-hybridized carbons (Fsp3) is 0.405. The van der Waals surface area contributed by atoms with E-state index in [1.54, 1.807) is 32.9 Å². The summed E-state index contributed by atoms with van der Waals surface area (Å²) in [6, 6.07) is 16.3. The van der Waals surface area contributed by atoms with Crippen LogP contribution in [0, 0.1) is 5.82 Å². The van der Waals surface area contributed by atoms with E-state index in [4.69, 9.17) is 18.9 Å². The SMILES string of the molecule is COc1ccc2c(c1)c1c(n2C(=O)c2ccc(S(=O)(=O)/N=C/N(C)C)cc2)CCN(CCCOc2cc(F)cc(C3(OC)CCOCC3)c2)C1.Cl. The predicted molar refractivity (Wildman–Crippen MR) is 196 cm³/mol. The summed E-state index contributed by atoms with van der Waals surface area (Å²) in [6.45, 7) is 3.64. The number of nitrogens with zero attached hydrogens (tertiary/aromatic N) is 4. The van der Waals surface area contributed by atoms with E-state index in [-0.39, 0.29) is 29.0 Å². The number of carbonyl (C=O) groups excluding carboxylic acids is 1. The molecule has 0 unspecified atom stereocenters. The number of carbonyl (C=O) groups is 1. The summed E-state index contributed by atoms with van der Waals surface area (Å²) < 4.78 is 68.2. The van der Waals surface area contributed by atoms with Gasteiger partial charge in [0.2, 0.25) is 0 Å². The monoisotopic (exact) mass is 742 g/mol. The van der Waals surface area contributed by atoms with E-state index in [2.05, 4.69) is 9.30 Å². The summed E-state index contributed by atoms with van der Waals surface area (Å²) >= 11 is 0. The molecular weight excluding hydrogens is 699 g/mol.